The molecule has 0 radical (unpaired) electrons. The highest BCUT2D eigenvalue weighted by Gasteiger charge is 2.17. The number of ether oxygens (including phenoxy) is 3. The lowest BCUT2D eigenvalue weighted by Gasteiger charge is -2.13. The predicted molar refractivity (Wildman–Crippen MR) is 122 cm³/mol. The number of amides is 1. The molecule has 2 heterocycles. The summed E-state index contributed by atoms with van der Waals surface area (Å²) in [5.41, 5.74) is 4.14. The average molecular weight is 432 g/mol. The number of hydrogen-bond acceptors (Lipinski definition) is 6. The number of carbonyl (C=O) groups excluding carboxylic acids is 1. The minimum atomic E-state index is -0.324. The standard InChI is InChI=1S/C24H24N4O4/c1-5-32-17-8-6-16(7-9-17)26-24(29)19-14-23-25-11-10-20(28(23)27-19)18-13-22(31-4)21(30-3)12-15(18)2/h6-14H,5H2,1-4H3,(H,26,29). The molecular formula is C24H24N4O4. The highest BCUT2D eigenvalue weighted by atomic mass is 16.5. The quantitative estimate of drug-likeness (QED) is 0.467. The lowest BCUT2D eigenvalue weighted by Crippen LogP contribution is -2.12. The molecule has 4 rings (SSSR count). The third kappa shape index (κ3) is 4.07. The van der Waals surface area contributed by atoms with Gasteiger partial charge in [0.2, 0.25) is 0 Å². The van der Waals surface area contributed by atoms with Crippen LogP contribution in [-0.2, 0) is 0 Å². The smallest absolute Gasteiger partial charge is 0.276 e. The summed E-state index contributed by atoms with van der Waals surface area (Å²) in [4.78, 5) is 17.2. The van der Waals surface area contributed by atoms with Gasteiger partial charge in [0.1, 0.15) is 5.75 Å². The minimum Gasteiger partial charge on any atom is -0.494 e. The third-order valence-electron chi connectivity index (χ3n) is 5.02. The van der Waals surface area contributed by atoms with E-state index in [-0.39, 0.29) is 11.6 Å². The first-order valence-corrected chi connectivity index (χ1v) is 10.2. The van der Waals surface area contributed by atoms with E-state index in [1.54, 1.807) is 43.1 Å². The van der Waals surface area contributed by atoms with Gasteiger partial charge in [0.15, 0.2) is 22.8 Å². The Balaban J connectivity index is 1.67. The van der Waals surface area contributed by atoms with Crippen molar-refractivity contribution in [3.05, 3.63) is 66.0 Å². The Morgan fingerprint density at radius 1 is 1.03 bits per heavy atom. The second-order valence-corrected chi connectivity index (χ2v) is 7.06. The maximum absolute atomic E-state index is 12.8. The zero-order chi connectivity index (χ0) is 22.7. The van der Waals surface area contributed by atoms with Gasteiger partial charge >= 0.3 is 0 Å². The molecule has 32 heavy (non-hydrogen) atoms. The van der Waals surface area contributed by atoms with Crippen LogP contribution in [0, 0.1) is 6.92 Å². The van der Waals surface area contributed by atoms with E-state index in [0.29, 0.717) is 29.4 Å². The number of methoxy groups -OCH3 is 2. The SMILES string of the molecule is CCOc1ccc(NC(=O)c2cc3nccc(-c4cc(OC)c(OC)cc4C)n3n2)cc1. The van der Waals surface area contributed by atoms with E-state index in [4.69, 9.17) is 14.2 Å². The van der Waals surface area contributed by atoms with Crippen LogP contribution in [0.3, 0.4) is 0 Å². The lowest BCUT2D eigenvalue weighted by molar-refractivity contribution is 0.102. The number of aryl methyl sites for hydroxylation is 1. The lowest BCUT2D eigenvalue weighted by atomic mass is 10.0. The van der Waals surface area contributed by atoms with Crippen molar-refractivity contribution >= 4 is 17.2 Å². The number of nitrogens with one attached hydrogen (secondary N) is 1. The average Bonchev–Trinajstić information content (AvgIpc) is 3.25. The normalized spacial score (nSPS) is 10.8. The van der Waals surface area contributed by atoms with Gasteiger partial charge in [-0.3, -0.25) is 4.79 Å². The van der Waals surface area contributed by atoms with Crippen molar-refractivity contribution in [2.75, 3.05) is 26.1 Å². The van der Waals surface area contributed by atoms with Crippen LogP contribution in [0.1, 0.15) is 23.0 Å². The van der Waals surface area contributed by atoms with Crippen LogP contribution in [0.4, 0.5) is 5.69 Å². The van der Waals surface area contributed by atoms with Crippen molar-refractivity contribution in [1.82, 2.24) is 14.6 Å². The van der Waals surface area contributed by atoms with Crippen LogP contribution in [0.5, 0.6) is 17.2 Å². The molecular weight excluding hydrogens is 408 g/mol. The molecule has 0 bridgehead atoms. The Morgan fingerprint density at radius 2 is 1.75 bits per heavy atom. The number of fused-ring (bicyclic) bond motifs is 1. The maximum Gasteiger partial charge on any atom is 0.276 e. The van der Waals surface area contributed by atoms with Crippen LogP contribution >= 0.6 is 0 Å². The molecule has 164 valence electrons. The number of carbonyl (C=O) groups is 1. The molecule has 1 N–H and O–H groups in total. The van der Waals surface area contributed by atoms with Crippen LogP contribution in [0.25, 0.3) is 16.9 Å². The predicted octanol–water partition coefficient (Wildman–Crippen LogP) is 4.37. The van der Waals surface area contributed by atoms with Crippen LogP contribution < -0.4 is 19.5 Å². The van der Waals surface area contributed by atoms with Crippen LogP contribution in [-0.4, -0.2) is 41.3 Å². The number of aromatic nitrogens is 3. The number of hydrogen-bond donors (Lipinski definition) is 1. The summed E-state index contributed by atoms with van der Waals surface area (Å²) in [7, 11) is 3.20. The van der Waals surface area contributed by atoms with Crippen LogP contribution in [0.15, 0.2) is 54.7 Å². The fraction of sp³-hybridized carbons (Fsp3) is 0.208. The molecule has 0 spiro atoms. The van der Waals surface area contributed by atoms with Crippen molar-refractivity contribution in [3.8, 4) is 28.5 Å². The second-order valence-electron chi connectivity index (χ2n) is 7.06. The van der Waals surface area contributed by atoms with E-state index < -0.39 is 0 Å². The first-order chi connectivity index (χ1) is 15.5. The summed E-state index contributed by atoms with van der Waals surface area (Å²) in [5, 5.41) is 7.37. The monoisotopic (exact) mass is 432 g/mol. The van der Waals surface area contributed by atoms with E-state index in [2.05, 4.69) is 15.4 Å². The number of benzene rings is 2. The molecule has 0 saturated heterocycles. The Morgan fingerprint density at radius 3 is 2.44 bits per heavy atom. The van der Waals surface area contributed by atoms with E-state index in [1.807, 2.05) is 44.2 Å². The van der Waals surface area contributed by atoms with Gasteiger partial charge in [-0.05, 0) is 61.9 Å². The van der Waals surface area contributed by atoms with E-state index in [9.17, 15) is 4.79 Å². The number of rotatable bonds is 7. The van der Waals surface area contributed by atoms with Gasteiger partial charge in [0.05, 0.1) is 26.5 Å². The Labute approximate surface area is 185 Å². The highest BCUT2D eigenvalue weighted by molar-refractivity contribution is 6.03. The Bertz CT molecular complexity index is 1270. The molecule has 4 aromatic rings. The topological polar surface area (TPSA) is 87.0 Å². The molecule has 0 aliphatic rings. The van der Waals surface area contributed by atoms with E-state index in [0.717, 1.165) is 22.6 Å². The first-order valence-electron chi connectivity index (χ1n) is 10.2. The maximum atomic E-state index is 12.8. The number of anilines is 1. The highest BCUT2D eigenvalue weighted by Crippen LogP contribution is 2.35. The molecule has 0 fully saturated rings. The molecule has 2 aromatic heterocycles. The fourth-order valence-electron chi connectivity index (χ4n) is 3.46. The Hall–Kier alpha value is -4.07. The second kappa shape index (κ2) is 8.97. The molecule has 0 aliphatic heterocycles. The molecule has 0 unspecified atom stereocenters. The zero-order valence-electron chi connectivity index (χ0n) is 18.4. The first kappa shape index (κ1) is 21.2. The van der Waals surface area contributed by atoms with E-state index in [1.165, 1.54) is 0 Å². The van der Waals surface area contributed by atoms with Crippen molar-refractivity contribution in [2.24, 2.45) is 0 Å². The number of nitrogens with zero attached hydrogens (tertiary/aromatic N) is 3. The molecule has 1 amide bonds. The van der Waals surface area contributed by atoms with Gasteiger partial charge in [0.25, 0.3) is 5.91 Å². The molecule has 0 aliphatic carbocycles. The van der Waals surface area contributed by atoms with Gasteiger partial charge in [-0.2, -0.15) is 5.10 Å². The molecule has 0 saturated carbocycles. The van der Waals surface area contributed by atoms with Gasteiger partial charge in [-0.25, -0.2) is 9.50 Å². The molecule has 0 atom stereocenters. The van der Waals surface area contributed by atoms with Crippen molar-refractivity contribution in [2.45, 2.75) is 13.8 Å². The van der Waals surface area contributed by atoms with Gasteiger partial charge in [0, 0.05) is 23.5 Å². The van der Waals surface area contributed by atoms with Crippen LogP contribution in [0.2, 0.25) is 0 Å². The van der Waals surface area contributed by atoms with Gasteiger partial charge < -0.3 is 19.5 Å². The summed E-state index contributed by atoms with van der Waals surface area (Å²) in [6.07, 6.45) is 1.69. The van der Waals surface area contributed by atoms with Gasteiger partial charge in [-0.15, -0.1) is 0 Å². The summed E-state index contributed by atoms with van der Waals surface area (Å²) in [6.45, 7) is 4.49. The van der Waals surface area contributed by atoms with E-state index >= 15 is 0 Å². The Kier molecular flexibility index (Phi) is 5.93. The van der Waals surface area contributed by atoms with Crippen molar-refractivity contribution < 1.29 is 19.0 Å². The summed E-state index contributed by atoms with van der Waals surface area (Å²) < 4.78 is 17.9. The molecule has 8 nitrogen and oxygen atoms in total. The summed E-state index contributed by atoms with van der Waals surface area (Å²) >= 11 is 0. The summed E-state index contributed by atoms with van der Waals surface area (Å²) in [5.74, 6) is 1.68. The molecule has 8 heteroatoms. The summed E-state index contributed by atoms with van der Waals surface area (Å²) in [6, 6.07) is 14.5. The largest absolute Gasteiger partial charge is 0.494 e. The molecule has 2 aromatic carbocycles. The zero-order valence-corrected chi connectivity index (χ0v) is 18.4. The van der Waals surface area contributed by atoms with Crippen molar-refractivity contribution in [1.29, 1.82) is 0 Å². The third-order valence-corrected chi connectivity index (χ3v) is 5.02. The van der Waals surface area contributed by atoms with Gasteiger partial charge in [-0.1, -0.05) is 0 Å². The van der Waals surface area contributed by atoms with Crippen molar-refractivity contribution in [3.63, 3.8) is 0 Å². The minimum absolute atomic E-state index is 0.261. The fourth-order valence-corrected chi connectivity index (χ4v) is 3.46.